The van der Waals surface area contributed by atoms with Crippen molar-refractivity contribution in [2.45, 2.75) is 25.7 Å². The Morgan fingerprint density at radius 2 is 1.96 bits per heavy atom. The summed E-state index contributed by atoms with van der Waals surface area (Å²) in [5.41, 5.74) is 3.02. The minimum atomic E-state index is -0.454. The van der Waals surface area contributed by atoms with Crippen molar-refractivity contribution in [1.82, 2.24) is 10.3 Å². The Morgan fingerprint density at radius 3 is 2.62 bits per heavy atom. The SMILES string of the molecule is N#CCC(=O)N/N=C/c1ccc(OCC(=O)N2CCCCC2)cc1. The van der Waals surface area contributed by atoms with Crippen LogP contribution in [0, 0.1) is 11.3 Å². The first kappa shape index (κ1) is 17.5. The summed E-state index contributed by atoms with van der Waals surface area (Å²) in [7, 11) is 0. The number of hydrogen-bond donors (Lipinski definition) is 1. The largest absolute Gasteiger partial charge is 0.484 e. The van der Waals surface area contributed by atoms with Gasteiger partial charge in [0, 0.05) is 13.1 Å². The van der Waals surface area contributed by atoms with Gasteiger partial charge in [0.25, 0.3) is 11.8 Å². The smallest absolute Gasteiger partial charge is 0.260 e. The monoisotopic (exact) mass is 328 g/mol. The highest BCUT2D eigenvalue weighted by atomic mass is 16.5. The van der Waals surface area contributed by atoms with Crippen molar-refractivity contribution in [2.75, 3.05) is 19.7 Å². The summed E-state index contributed by atoms with van der Waals surface area (Å²) >= 11 is 0. The van der Waals surface area contributed by atoms with E-state index in [1.54, 1.807) is 30.3 Å². The van der Waals surface area contributed by atoms with Gasteiger partial charge in [-0.3, -0.25) is 9.59 Å². The maximum atomic E-state index is 12.0. The van der Waals surface area contributed by atoms with Crippen molar-refractivity contribution < 1.29 is 14.3 Å². The number of nitrogens with one attached hydrogen (secondary N) is 1. The minimum Gasteiger partial charge on any atom is -0.484 e. The van der Waals surface area contributed by atoms with Gasteiger partial charge in [-0.15, -0.1) is 0 Å². The molecular weight excluding hydrogens is 308 g/mol. The van der Waals surface area contributed by atoms with Gasteiger partial charge in [0.15, 0.2) is 6.61 Å². The summed E-state index contributed by atoms with van der Waals surface area (Å²) in [6.45, 7) is 1.67. The molecule has 1 fully saturated rings. The third-order valence-corrected chi connectivity index (χ3v) is 3.59. The van der Waals surface area contributed by atoms with Gasteiger partial charge in [-0.1, -0.05) is 0 Å². The zero-order chi connectivity index (χ0) is 17.2. The summed E-state index contributed by atoms with van der Waals surface area (Å²) in [6.07, 6.45) is 4.55. The Kier molecular flexibility index (Phi) is 6.77. The molecule has 1 aromatic rings. The Bertz CT molecular complexity index is 628. The summed E-state index contributed by atoms with van der Waals surface area (Å²) in [6, 6.07) is 8.74. The van der Waals surface area contributed by atoms with Crippen molar-refractivity contribution in [3.05, 3.63) is 29.8 Å². The molecule has 1 aromatic carbocycles. The van der Waals surface area contributed by atoms with Crippen molar-refractivity contribution >= 4 is 18.0 Å². The number of ether oxygens (including phenoxy) is 1. The summed E-state index contributed by atoms with van der Waals surface area (Å²) < 4.78 is 5.51. The number of rotatable bonds is 6. The molecule has 126 valence electrons. The number of hydrazone groups is 1. The highest BCUT2D eigenvalue weighted by molar-refractivity contribution is 5.83. The molecule has 0 spiro atoms. The van der Waals surface area contributed by atoms with E-state index < -0.39 is 5.91 Å². The van der Waals surface area contributed by atoms with Crippen LogP contribution in [-0.2, 0) is 9.59 Å². The van der Waals surface area contributed by atoms with Crippen molar-refractivity contribution in [2.24, 2.45) is 5.10 Å². The highest BCUT2D eigenvalue weighted by Crippen LogP contribution is 2.13. The average Bonchev–Trinajstić information content (AvgIpc) is 2.62. The Hall–Kier alpha value is -2.88. The molecule has 1 N–H and O–H groups in total. The van der Waals surface area contributed by atoms with E-state index in [4.69, 9.17) is 10.00 Å². The number of nitrogens with zero attached hydrogens (tertiary/aromatic N) is 3. The van der Waals surface area contributed by atoms with Crippen LogP contribution in [0.5, 0.6) is 5.75 Å². The number of piperidine rings is 1. The number of benzene rings is 1. The Labute approximate surface area is 140 Å². The number of carbonyl (C=O) groups excluding carboxylic acids is 2. The topological polar surface area (TPSA) is 94.8 Å². The van der Waals surface area contributed by atoms with E-state index >= 15 is 0 Å². The lowest BCUT2D eigenvalue weighted by molar-refractivity contribution is -0.134. The molecule has 7 heteroatoms. The van der Waals surface area contributed by atoms with E-state index in [2.05, 4.69) is 10.5 Å². The van der Waals surface area contributed by atoms with E-state index in [1.807, 2.05) is 4.90 Å². The van der Waals surface area contributed by atoms with Gasteiger partial charge in [-0.25, -0.2) is 5.43 Å². The van der Waals surface area contributed by atoms with Crippen molar-refractivity contribution in [3.8, 4) is 11.8 Å². The lowest BCUT2D eigenvalue weighted by Crippen LogP contribution is -2.38. The van der Waals surface area contributed by atoms with Gasteiger partial charge < -0.3 is 9.64 Å². The van der Waals surface area contributed by atoms with E-state index in [0.29, 0.717) is 5.75 Å². The fourth-order valence-corrected chi connectivity index (χ4v) is 2.32. The fourth-order valence-electron chi connectivity index (χ4n) is 2.32. The van der Waals surface area contributed by atoms with Crippen LogP contribution in [0.2, 0.25) is 0 Å². The number of carbonyl (C=O) groups is 2. The van der Waals surface area contributed by atoms with Crippen molar-refractivity contribution in [3.63, 3.8) is 0 Å². The Morgan fingerprint density at radius 1 is 1.25 bits per heavy atom. The zero-order valence-electron chi connectivity index (χ0n) is 13.4. The zero-order valence-corrected chi connectivity index (χ0v) is 13.4. The maximum absolute atomic E-state index is 12.0. The second-order valence-electron chi connectivity index (χ2n) is 5.43. The molecule has 0 bridgehead atoms. The van der Waals surface area contributed by atoms with Crippen LogP contribution in [0.3, 0.4) is 0 Å². The minimum absolute atomic E-state index is 0.0144. The van der Waals surface area contributed by atoms with E-state index in [1.165, 1.54) is 12.6 Å². The van der Waals surface area contributed by atoms with Crippen LogP contribution < -0.4 is 10.2 Å². The first-order valence-electron chi connectivity index (χ1n) is 7.88. The third kappa shape index (κ3) is 5.72. The molecule has 1 aliphatic heterocycles. The standard InChI is InChI=1S/C17H20N4O3/c18-9-8-16(22)20-19-12-14-4-6-15(7-5-14)24-13-17(23)21-10-2-1-3-11-21/h4-7,12H,1-3,8,10-11,13H2,(H,20,22)/b19-12+. The number of nitriles is 1. The van der Waals surface area contributed by atoms with Crippen LogP contribution in [0.1, 0.15) is 31.2 Å². The molecule has 0 unspecified atom stereocenters. The molecule has 2 rings (SSSR count). The lowest BCUT2D eigenvalue weighted by Gasteiger charge is -2.26. The molecule has 0 atom stereocenters. The molecule has 2 amide bonds. The predicted molar refractivity (Wildman–Crippen MR) is 88.3 cm³/mol. The number of likely N-dealkylation sites (tertiary alicyclic amines) is 1. The first-order chi connectivity index (χ1) is 11.7. The molecule has 1 aliphatic rings. The molecule has 0 radical (unpaired) electrons. The molecule has 0 aliphatic carbocycles. The molecule has 1 heterocycles. The predicted octanol–water partition coefficient (Wildman–Crippen LogP) is 1.44. The molecule has 7 nitrogen and oxygen atoms in total. The number of amides is 2. The normalized spacial score (nSPS) is 14.2. The first-order valence-corrected chi connectivity index (χ1v) is 7.88. The molecule has 0 aromatic heterocycles. The van der Waals surface area contributed by atoms with E-state index in [-0.39, 0.29) is 18.9 Å². The van der Waals surface area contributed by atoms with Gasteiger partial charge in [0.05, 0.1) is 12.3 Å². The Balaban J connectivity index is 1.77. The molecule has 0 saturated carbocycles. The van der Waals surface area contributed by atoms with Gasteiger partial charge in [-0.2, -0.15) is 10.4 Å². The molecule has 24 heavy (non-hydrogen) atoms. The van der Waals surface area contributed by atoms with Crippen LogP contribution >= 0.6 is 0 Å². The van der Waals surface area contributed by atoms with Gasteiger partial charge in [-0.05, 0) is 49.1 Å². The van der Waals surface area contributed by atoms with Gasteiger partial charge in [0.1, 0.15) is 12.2 Å². The summed E-state index contributed by atoms with van der Waals surface area (Å²) in [4.78, 5) is 24.9. The van der Waals surface area contributed by atoms with E-state index in [9.17, 15) is 9.59 Å². The van der Waals surface area contributed by atoms with Crippen LogP contribution in [0.25, 0.3) is 0 Å². The van der Waals surface area contributed by atoms with Gasteiger partial charge in [0.2, 0.25) is 0 Å². The van der Waals surface area contributed by atoms with Crippen LogP contribution in [0.4, 0.5) is 0 Å². The maximum Gasteiger partial charge on any atom is 0.260 e. The second-order valence-corrected chi connectivity index (χ2v) is 5.43. The highest BCUT2D eigenvalue weighted by Gasteiger charge is 2.16. The lowest BCUT2D eigenvalue weighted by atomic mass is 10.1. The van der Waals surface area contributed by atoms with Gasteiger partial charge >= 0.3 is 0 Å². The number of hydrogen-bond acceptors (Lipinski definition) is 5. The molecular formula is C17H20N4O3. The van der Waals surface area contributed by atoms with Crippen LogP contribution in [-0.4, -0.2) is 42.6 Å². The van der Waals surface area contributed by atoms with Crippen LogP contribution in [0.15, 0.2) is 29.4 Å². The van der Waals surface area contributed by atoms with Crippen molar-refractivity contribution in [1.29, 1.82) is 5.26 Å². The summed E-state index contributed by atoms with van der Waals surface area (Å²) in [5, 5.41) is 12.1. The second kappa shape index (κ2) is 9.30. The fraction of sp³-hybridized carbons (Fsp3) is 0.412. The molecule has 1 saturated heterocycles. The summed E-state index contributed by atoms with van der Waals surface area (Å²) in [5.74, 6) is 0.163. The average molecular weight is 328 g/mol. The quantitative estimate of drug-likeness (QED) is 0.631. The third-order valence-electron chi connectivity index (χ3n) is 3.59. The van der Waals surface area contributed by atoms with E-state index in [0.717, 1.165) is 31.5 Å².